The summed E-state index contributed by atoms with van der Waals surface area (Å²) in [5.74, 6) is -0.244. The molecule has 0 saturated heterocycles. The first kappa shape index (κ1) is 16.1. The maximum atomic E-state index is 12.5. The molecule has 24 heavy (non-hydrogen) atoms. The van der Waals surface area contributed by atoms with E-state index in [0.29, 0.717) is 16.3 Å². The van der Waals surface area contributed by atoms with Crippen LogP contribution in [0.25, 0.3) is 5.69 Å². The maximum absolute atomic E-state index is 12.5. The average Bonchev–Trinajstić information content (AvgIpc) is 3.11. The van der Waals surface area contributed by atoms with E-state index in [2.05, 4.69) is 27.8 Å². The lowest BCUT2D eigenvalue weighted by Crippen LogP contribution is -2.14. The topological polar surface area (TPSA) is 72.7 Å². The second-order valence-corrected chi connectivity index (χ2v) is 5.69. The zero-order valence-corrected chi connectivity index (χ0v) is 13.9. The summed E-state index contributed by atoms with van der Waals surface area (Å²) in [6.45, 7) is 2.10. The van der Waals surface area contributed by atoms with Crippen LogP contribution < -0.4 is 5.32 Å². The molecule has 0 radical (unpaired) electrons. The second-order valence-electron chi connectivity index (χ2n) is 5.28. The van der Waals surface area contributed by atoms with E-state index in [1.54, 1.807) is 18.2 Å². The lowest BCUT2D eigenvalue weighted by molar-refractivity contribution is 0.102. The van der Waals surface area contributed by atoms with Crippen LogP contribution in [0.2, 0.25) is 5.02 Å². The molecular weight excluding hydrogens is 326 g/mol. The first-order valence-corrected chi connectivity index (χ1v) is 7.99. The van der Waals surface area contributed by atoms with Crippen LogP contribution in [-0.2, 0) is 6.42 Å². The second kappa shape index (κ2) is 7.23. The Morgan fingerprint density at radius 2 is 2.08 bits per heavy atom. The van der Waals surface area contributed by atoms with E-state index >= 15 is 0 Å². The van der Waals surface area contributed by atoms with Gasteiger partial charge in [0.25, 0.3) is 5.91 Å². The standard InChI is InChI=1S/C17H16ClN5O/c1-2-5-12-6-3-4-7-16(12)20-17(24)14-9-8-13(10-15(14)18)23-11-19-21-22-23/h3-4,6-11H,2,5H2,1H3,(H,20,24). The Morgan fingerprint density at radius 3 is 2.79 bits per heavy atom. The average molecular weight is 342 g/mol. The highest BCUT2D eigenvalue weighted by Gasteiger charge is 2.13. The summed E-state index contributed by atoms with van der Waals surface area (Å²) in [6.07, 6.45) is 3.38. The van der Waals surface area contributed by atoms with Crippen LogP contribution in [0.1, 0.15) is 29.3 Å². The number of nitrogens with zero attached hydrogens (tertiary/aromatic N) is 4. The summed E-state index contributed by atoms with van der Waals surface area (Å²) < 4.78 is 1.48. The monoisotopic (exact) mass is 341 g/mol. The van der Waals surface area contributed by atoms with E-state index in [1.807, 2.05) is 24.3 Å². The van der Waals surface area contributed by atoms with Gasteiger partial charge in [-0.25, -0.2) is 4.68 Å². The number of hydrogen-bond donors (Lipinski definition) is 1. The number of rotatable bonds is 5. The van der Waals surface area contributed by atoms with Crippen molar-refractivity contribution in [1.29, 1.82) is 0 Å². The van der Waals surface area contributed by atoms with E-state index in [0.717, 1.165) is 24.1 Å². The zero-order chi connectivity index (χ0) is 16.9. The number of benzene rings is 2. The zero-order valence-electron chi connectivity index (χ0n) is 13.1. The summed E-state index contributed by atoms with van der Waals surface area (Å²) in [5, 5.41) is 14.2. The van der Waals surface area contributed by atoms with Crippen LogP contribution >= 0.6 is 11.6 Å². The lowest BCUT2D eigenvalue weighted by Gasteiger charge is -2.11. The predicted octanol–water partition coefficient (Wildman–Crippen LogP) is 3.52. The molecule has 0 aliphatic carbocycles. The highest BCUT2D eigenvalue weighted by molar-refractivity contribution is 6.34. The highest BCUT2D eigenvalue weighted by atomic mass is 35.5. The molecule has 1 N–H and O–H groups in total. The van der Waals surface area contributed by atoms with E-state index in [-0.39, 0.29) is 5.91 Å². The molecule has 7 heteroatoms. The van der Waals surface area contributed by atoms with Gasteiger partial charge in [-0.3, -0.25) is 4.79 Å². The van der Waals surface area contributed by atoms with Gasteiger partial charge < -0.3 is 5.32 Å². The molecule has 0 aliphatic rings. The van der Waals surface area contributed by atoms with Crippen molar-refractivity contribution in [2.45, 2.75) is 19.8 Å². The molecule has 2 aromatic carbocycles. The van der Waals surface area contributed by atoms with Gasteiger partial charge >= 0.3 is 0 Å². The van der Waals surface area contributed by atoms with Crippen LogP contribution in [0, 0.1) is 0 Å². The molecule has 122 valence electrons. The quantitative estimate of drug-likeness (QED) is 0.770. The minimum atomic E-state index is -0.244. The molecule has 0 aliphatic heterocycles. The van der Waals surface area contributed by atoms with Gasteiger partial charge in [-0.05, 0) is 46.7 Å². The van der Waals surface area contributed by atoms with Crippen molar-refractivity contribution in [3.05, 3.63) is 64.9 Å². The molecule has 0 bridgehead atoms. The number of tetrazole rings is 1. The number of anilines is 1. The number of para-hydroxylation sites is 1. The van der Waals surface area contributed by atoms with Crippen LogP contribution in [0.4, 0.5) is 5.69 Å². The maximum Gasteiger partial charge on any atom is 0.257 e. The molecule has 0 unspecified atom stereocenters. The van der Waals surface area contributed by atoms with Gasteiger partial charge in [0.1, 0.15) is 6.33 Å². The summed E-state index contributed by atoms with van der Waals surface area (Å²) in [6, 6.07) is 12.8. The lowest BCUT2D eigenvalue weighted by atomic mass is 10.1. The smallest absolute Gasteiger partial charge is 0.257 e. The molecule has 3 aromatic rings. The van der Waals surface area contributed by atoms with E-state index in [1.165, 1.54) is 11.0 Å². The van der Waals surface area contributed by atoms with E-state index in [4.69, 9.17) is 11.6 Å². The van der Waals surface area contributed by atoms with Crippen molar-refractivity contribution in [1.82, 2.24) is 20.2 Å². The Kier molecular flexibility index (Phi) is 4.86. The third kappa shape index (κ3) is 3.44. The fourth-order valence-electron chi connectivity index (χ4n) is 2.43. The molecule has 0 fully saturated rings. The van der Waals surface area contributed by atoms with Crippen molar-refractivity contribution < 1.29 is 4.79 Å². The fraction of sp³-hybridized carbons (Fsp3) is 0.176. The Morgan fingerprint density at radius 1 is 1.25 bits per heavy atom. The molecular formula is C17H16ClN5O. The molecule has 1 amide bonds. The molecule has 0 saturated carbocycles. The van der Waals surface area contributed by atoms with Crippen LogP contribution in [0.3, 0.4) is 0 Å². The van der Waals surface area contributed by atoms with Gasteiger partial charge in [-0.15, -0.1) is 5.10 Å². The number of amides is 1. The van der Waals surface area contributed by atoms with Crippen molar-refractivity contribution >= 4 is 23.2 Å². The summed E-state index contributed by atoms with van der Waals surface area (Å²) >= 11 is 6.27. The SMILES string of the molecule is CCCc1ccccc1NC(=O)c1ccc(-n2cnnn2)cc1Cl. The van der Waals surface area contributed by atoms with Crippen molar-refractivity contribution in [3.8, 4) is 5.69 Å². The van der Waals surface area contributed by atoms with Gasteiger partial charge in [-0.2, -0.15) is 0 Å². The normalized spacial score (nSPS) is 10.6. The van der Waals surface area contributed by atoms with Gasteiger partial charge in [0.15, 0.2) is 0 Å². The number of carbonyl (C=O) groups is 1. The summed E-state index contributed by atoms with van der Waals surface area (Å²) in [7, 11) is 0. The van der Waals surface area contributed by atoms with E-state index < -0.39 is 0 Å². The first-order chi connectivity index (χ1) is 11.7. The first-order valence-electron chi connectivity index (χ1n) is 7.61. The third-order valence-corrected chi connectivity index (χ3v) is 3.91. The molecule has 1 heterocycles. The number of hydrogen-bond acceptors (Lipinski definition) is 4. The highest BCUT2D eigenvalue weighted by Crippen LogP contribution is 2.23. The number of carbonyl (C=O) groups excluding carboxylic acids is 1. The van der Waals surface area contributed by atoms with Crippen molar-refractivity contribution in [2.24, 2.45) is 0 Å². The third-order valence-electron chi connectivity index (χ3n) is 3.60. The molecule has 3 rings (SSSR count). The number of aromatic nitrogens is 4. The Hall–Kier alpha value is -2.73. The van der Waals surface area contributed by atoms with Crippen LogP contribution in [-0.4, -0.2) is 26.1 Å². The minimum absolute atomic E-state index is 0.244. The van der Waals surface area contributed by atoms with Gasteiger partial charge in [0.2, 0.25) is 0 Å². The summed E-state index contributed by atoms with van der Waals surface area (Å²) in [5.41, 5.74) is 3.01. The fourth-order valence-corrected chi connectivity index (χ4v) is 2.69. The number of halogens is 1. The summed E-state index contributed by atoms with van der Waals surface area (Å²) in [4.78, 5) is 12.5. The Bertz CT molecular complexity index is 848. The van der Waals surface area contributed by atoms with Crippen LogP contribution in [0.5, 0.6) is 0 Å². The predicted molar refractivity (Wildman–Crippen MR) is 92.6 cm³/mol. The Labute approximate surface area is 144 Å². The van der Waals surface area contributed by atoms with Gasteiger partial charge in [0.05, 0.1) is 16.3 Å². The molecule has 1 aromatic heterocycles. The van der Waals surface area contributed by atoms with Gasteiger partial charge in [-0.1, -0.05) is 43.1 Å². The van der Waals surface area contributed by atoms with Crippen LogP contribution in [0.15, 0.2) is 48.8 Å². The van der Waals surface area contributed by atoms with Crippen molar-refractivity contribution in [3.63, 3.8) is 0 Å². The molecule has 6 nitrogen and oxygen atoms in total. The van der Waals surface area contributed by atoms with Gasteiger partial charge in [0, 0.05) is 5.69 Å². The number of aryl methyl sites for hydroxylation is 1. The molecule has 0 spiro atoms. The Balaban J connectivity index is 1.83. The largest absolute Gasteiger partial charge is 0.322 e. The van der Waals surface area contributed by atoms with Crippen molar-refractivity contribution in [2.75, 3.05) is 5.32 Å². The minimum Gasteiger partial charge on any atom is -0.322 e. The number of nitrogens with one attached hydrogen (secondary N) is 1. The van der Waals surface area contributed by atoms with E-state index in [9.17, 15) is 4.79 Å². The molecule has 0 atom stereocenters.